The summed E-state index contributed by atoms with van der Waals surface area (Å²) in [5.41, 5.74) is 1.09. The Balaban J connectivity index is 1.68. The number of aliphatic hydroxyl groups excluding tert-OH is 1. The molecule has 2 saturated heterocycles. The number of hydrogen-bond acceptors (Lipinski definition) is 7. The Bertz CT molecular complexity index is 1130. The molecule has 2 heterocycles. The van der Waals surface area contributed by atoms with Crippen molar-refractivity contribution in [2.24, 2.45) is 0 Å². The van der Waals surface area contributed by atoms with Crippen molar-refractivity contribution >= 4 is 29.1 Å². The SMILES string of the molecule is CCOc1ccc(C2/C(=C(/O)c3ccc(OC)c(Cl)c3)C(=O)C(=O)N2CCCN2CCOCC2)cc1. The summed E-state index contributed by atoms with van der Waals surface area (Å²) in [6, 6.07) is 11.3. The van der Waals surface area contributed by atoms with Crippen molar-refractivity contribution in [2.75, 3.05) is 53.1 Å². The Morgan fingerprint density at radius 3 is 2.47 bits per heavy atom. The van der Waals surface area contributed by atoms with Crippen LogP contribution in [0.15, 0.2) is 48.0 Å². The molecule has 192 valence electrons. The molecule has 0 saturated carbocycles. The zero-order chi connectivity index (χ0) is 25.7. The monoisotopic (exact) mass is 514 g/mol. The average molecular weight is 515 g/mol. The van der Waals surface area contributed by atoms with Crippen LogP contribution in [0.5, 0.6) is 11.5 Å². The number of benzene rings is 2. The van der Waals surface area contributed by atoms with E-state index in [9.17, 15) is 14.7 Å². The molecule has 2 aromatic carbocycles. The van der Waals surface area contributed by atoms with Crippen molar-refractivity contribution in [1.82, 2.24) is 9.80 Å². The lowest BCUT2D eigenvalue weighted by atomic mass is 9.95. The first kappa shape index (κ1) is 26.0. The highest BCUT2D eigenvalue weighted by Crippen LogP contribution is 2.40. The van der Waals surface area contributed by atoms with Gasteiger partial charge in [0.15, 0.2) is 0 Å². The fourth-order valence-electron chi connectivity index (χ4n) is 4.63. The van der Waals surface area contributed by atoms with Crippen molar-refractivity contribution in [3.63, 3.8) is 0 Å². The first-order chi connectivity index (χ1) is 17.4. The van der Waals surface area contributed by atoms with E-state index in [0.717, 1.165) is 19.6 Å². The third-order valence-electron chi connectivity index (χ3n) is 6.45. The van der Waals surface area contributed by atoms with E-state index in [1.54, 1.807) is 29.2 Å². The molecule has 0 radical (unpaired) electrons. The predicted molar refractivity (Wildman–Crippen MR) is 137 cm³/mol. The number of methoxy groups -OCH3 is 1. The van der Waals surface area contributed by atoms with Crippen LogP contribution in [0.1, 0.15) is 30.5 Å². The van der Waals surface area contributed by atoms with Crippen LogP contribution in [0.25, 0.3) is 5.76 Å². The van der Waals surface area contributed by atoms with Crippen molar-refractivity contribution in [3.8, 4) is 11.5 Å². The summed E-state index contributed by atoms with van der Waals surface area (Å²) in [4.78, 5) is 30.3. The van der Waals surface area contributed by atoms with E-state index in [1.807, 2.05) is 19.1 Å². The Morgan fingerprint density at radius 1 is 1.11 bits per heavy atom. The highest BCUT2D eigenvalue weighted by atomic mass is 35.5. The molecule has 36 heavy (non-hydrogen) atoms. The van der Waals surface area contributed by atoms with Gasteiger partial charge in [0, 0.05) is 31.7 Å². The number of ether oxygens (including phenoxy) is 3. The summed E-state index contributed by atoms with van der Waals surface area (Å²) in [6.45, 7) is 6.67. The van der Waals surface area contributed by atoms with Crippen LogP contribution in [0.2, 0.25) is 5.02 Å². The largest absolute Gasteiger partial charge is 0.507 e. The van der Waals surface area contributed by atoms with Gasteiger partial charge in [0.05, 0.1) is 43.6 Å². The third kappa shape index (κ3) is 5.51. The molecule has 2 aliphatic heterocycles. The van der Waals surface area contributed by atoms with Gasteiger partial charge in [-0.1, -0.05) is 23.7 Å². The van der Waals surface area contributed by atoms with Crippen LogP contribution in [-0.2, 0) is 14.3 Å². The molecule has 9 heteroatoms. The number of Topliss-reactive ketones (excluding diaryl/α,β-unsaturated/α-hetero) is 1. The van der Waals surface area contributed by atoms with Gasteiger partial charge in [0.25, 0.3) is 11.7 Å². The molecule has 1 N–H and O–H groups in total. The highest BCUT2D eigenvalue weighted by molar-refractivity contribution is 6.46. The van der Waals surface area contributed by atoms with Crippen LogP contribution in [0.3, 0.4) is 0 Å². The molecule has 1 amide bonds. The molecular formula is C27H31ClN2O6. The number of hydrogen-bond donors (Lipinski definition) is 1. The topological polar surface area (TPSA) is 88.5 Å². The fourth-order valence-corrected chi connectivity index (χ4v) is 4.89. The van der Waals surface area contributed by atoms with E-state index in [4.69, 9.17) is 25.8 Å². The maximum absolute atomic E-state index is 13.2. The van der Waals surface area contributed by atoms with Crippen molar-refractivity contribution < 1.29 is 28.9 Å². The van der Waals surface area contributed by atoms with E-state index < -0.39 is 17.7 Å². The first-order valence-corrected chi connectivity index (χ1v) is 12.5. The maximum Gasteiger partial charge on any atom is 0.295 e. The second-order valence-corrected chi connectivity index (χ2v) is 9.06. The lowest BCUT2D eigenvalue weighted by Gasteiger charge is -2.29. The Labute approximate surface area is 216 Å². The van der Waals surface area contributed by atoms with Gasteiger partial charge < -0.3 is 24.2 Å². The van der Waals surface area contributed by atoms with Crippen LogP contribution in [0, 0.1) is 0 Å². The Hall–Kier alpha value is -3.07. The zero-order valence-electron chi connectivity index (χ0n) is 20.5. The van der Waals surface area contributed by atoms with Crippen molar-refractivity contribution in [1.29, 1.82) is 0 Å². The standard InChI is InChI=1S/C27H31ClN2O6/c1-3-36-20-8-5-18(6-9-20)24-23(25(31)19-7-10-22(34-2)21(28)17-19)26(32)27(33)30(24)12-4-11-29-13-15-35-16-14-29/h5-10,17,24,31H,3-4,11-16H2,1-2H3/b25-23-. The number of rotatable bonds is 9. The quantitative estimate of drug-likeness (QED) is 0.308. The van der Waals surface area contributed by atoms with Crippen LogP contribution in [0.4, 0.5) is 0 Å². The molecule has 8 nitrogen and oxygen atoms in total. The van der Waals surface area contributed by atoms with Gasteiger partial charge in [-0.05, 0) is 49.2 Å². The number of likely N-dealkylation sites (tertiary alicyclic amines) is 1. The predicted octanol–water partition coefficient (Wildman–Crippen LogP) is 3.89. The molecular weight excluding hydrogens is 484 g/mol. The molecule has 0 spiro atoms. The van der Waals surface area contributed by atoms with E-state index >= 15 is 0 Å². The zero-order valence-corrected chi connectivity index (χ0v) is 21.3. The minimum absolute atomic E-state index is 0.0387. The summed E-state index contributed by atoms with van der Waals surface area (Å²) in [5.74, 6) is -0.485. The number of nitrogens with zero attached hydrogens (tertiary/aromatic N) is 2. The second kappa shape index (κ2) is 11.8. The molecule has 2 aromatic rings. The fraction of sp³-hybridized carbons (Fsp3) is 0.407. The molecule has 0 aromatic heterocycles. The smallest absolute Gasteiger partial charge is 0.295 e. The van der Waals surface area contributed by atoms with Gasteiger partial charge in [-0.3, -0.25) is 14.5 Å². The molecule has 4 rings (SSSR count). The van der Waals surface area contributed by atoms with Gasteiger partial charge in [-0.25, -0.2) is 0 Å². The van der Waals surface area contributed by atoms with Gasteiger partial charge in [0.2, 0.25) is 0 Å². The van der Waals surface area contributed by atoms with Gasteiger partial charge >= 0.3 is 0 Å². The van der Waals surface area contributed by atoms with Gasteiger partial charge in [-0.2, -0.15) is 0 Å². The Morgan fingerprint density at radius 2 is 1.83 bits per heavy atom. The van der Waals surface area contributed by atoms with Gasteiger partial charge in [-0.15, -0.1) is 0 Å². The van der Waals surface area contributed by atoms with Crippen LogP contribution < -0.4 is 9.47 Å². The molecule has 0 bridgehead atoms. The number of ketones is 1. The van der Waals surface area contributed by atoms with E-state index in [1.165, 1.54) is 13.2 Å². The van der Waals surface area contributed by atoms with Crippen LogP contribution in [-0.4, -0.2) is 79.7 Å². The summed E-state index contributed by atoms with van der Waals surface area (Å²) < 4.78 is 16.2. The summed E-state index contributed by atoms with van der Waals surface area (Å²) in [5, 5.41) is 11.5. The molecule has 2 fully saturated rings. The second-order valence-electron chi connectivity index (χ2n) is 8.65. The van der Waals surface area contributed by atoms with E-state index in [2.05, 4.69) is 4.90 Å². The highest BCUT2D eigenvalue weighted by Gasteiger charge is 2.45. The number of morpholine rings is 1. The normalized spacial score (nSPS) is 20.1. The van der Waals surface area contributed by atoms with Crippen LogP contribution >= 0.6 is 11.6 Å². The first-order valence-electron chi connectivity index (χ1n) is 12.1. The third-order valence-corrected chi connectivity index (χ3v) is 6.74. The minimum atomic E-state index is -0.730. The molecule has 1 unspecified atom stereocenters. The van der Waals surface area contributed by atoms with Gasteiger partial charge in [0.1, 0.15) is 17.3 Å². The molecule has 2 aliphatic rings. The molecule has 0 aliphatic carbocycles. The number of halogens is 1. The summed E-state index contributed by atoms with van der Waals surface area (Å²) >= 11 is 6.27. The number of amides is 1. The summed E-state index contributed by atoms with van der Waals surface area (Å²) in [7, 11) is 1.50. The number of carbonyl (C=O) groups excluding carboxylic acids is 2. The minimum Gasteiger partial charge on any atom is -0.507 e. The van der Waals surface area contributed by atoms with Crippen molar-refractivity contribution in [3.05, 3.63) is 64.2 Å². The molecule has 1 atom stereocenters. The maximum atomic E-state index is 13.2. The lowest BCUT2D eigenvalue weighted by Crippen LogP contribution is -2.38. The van der Waals surface area contributed by atoms with E-state index in [-0.39, 0.29) is 11.3 Å². The van der Waals surface area contributed by atoms with Crippen molar-refractivity contribution in [2.45, 2.75) is 19.4 Å². The van der Waals surface area contributed by atoms with E-state index in [0.29, 0.717) is 60.4 Å². The Kier molecular flexibility index (Phi) is 8.51. The average Bonchev–Trinajstić information content (AvgIpc) is 3.14. The summed E-state index contributed by atoms with van der Waals surface area (Å²) in [6.07, 6.45) is 0.689. The number of aliphatic hydroxyl groups is 1. The lowest BCUT2D eigenvalue weighted by molar-refractivity contribution is -0.140. The number of carbonyl (C=O) groups is 2.